The number of aromatic nitrogens is 3. The molecule has 0 atom stereocenters. The summed E-state index contributed by atoms with van der Waals surface area (Å²) >= 11 is 0. The SMILES string of the molecule is Cc1cc(S(N)(=O)=O)ccc1OCC(=O)N1CCN(c2ncnc3[nH]ccc23)CC12CC2. The van der Waals surface area contributed by atoms with E-state index >= 15 is 0 Å². The number of carbonyl (C=O) groups excluding carboxylic acids is 1. The third-order valence-electron chi connectivity index (χ3n) is 6.24. The number of piperazine rings is 1. The topological polar surface area (TPSA) is 135 Å². The van der Waals surface area contributed by atoms with E-state index in [1.54, 1.807) is 13.3 Å². The van der Waals surface area contributed by atoms with Crippen LogP contribution in [-0.4, -0.2) is 66.0 Å². The van der Waals surface area contributed by atoms with Gasteiger partial charge in [-0.15, -0.1) is 0 Å². The Labute approximate surface area is 185 Å². The number of rotatable bonds is 5. The maximum absolute atomic E-state index is 13.0. The zero-order valence-electron chi connectivity index (χ0n) is 17.6. The number of hydrogen-bond donors (Lipinski definition) is 2. The van der Waals surface area contributed by atoms with Crippen molar-refractivity contribution in [1.82, 2.24) is 19.9 Å². The first-order chi connectivity index (χ1) is 15.3. The second-order valence-electron chi connectivity index (χ2n) is 8.39. The smallest absolute Gasteiger partial charge is 0.261 e. The lowest BCUT2D eigenvalue weighted by molar-refractivity contribution is -0.137. The molecular formula is C21H24N6O4S. The number of sulfonamides is 1. The fraction of sp³-hybridized carbons (Fsp3) is 0.381. The largest absolute Gasteiger partial charge is 0.483 e. The van der Waals surface area contributed by atoms with E-state index in [1.807, 2.05) is 17.2 Å². The summed E-state index contributed by atoms with van der Waals surface area (Å²) in [5.41, 5.74) is 1.21. The Balaban J connectivity index is 1.27. The molecule has 5 rings (SSSR count). The highest BCUT2D eigenvalue weighted by Gasteiger charge is 2.53. The Morgan fingerprint density at radius 2 is 2.06 bits per heavy atom. The van der Waals surface area contributed by atoms with Crippen molar-refractivity contribution in [2.75, 3.05) is 31.1 Å². The third kappa shape index (κ3) is 3.67. The van der Waals surface area contributed by atoms with E-state index in [1.165, 1.54) is 18.2 Å². The number of carbonyl (C=O) groups is 1. The molecule has 1 saturated carbocycles. The second-order valence-corrected chi connectivity index (χ2v) is 9.95. The van der Waals surface area contributed by atoms with E-state index in [0.29, 0.717) is 24.4 Å². The van der Waals surface area contributed by atoms with Crippen molar-refractivity contribution in [1.29, 1.82) is 0 Å². The van der Waals surface area contributed by atoms with Crippen LogP contribution >= 0.6 is 0 Å². The predicted molar refractivity (Wildman–Crippen MR) is 118 cm³/mol. The van der Waals surface area contributed by atoms with Gasteiger partial charge in [-0.05, 0) is 49.6 Å². The highest BCUT2D eigenvalue weighted by molar-refractivity contribution is 7.89. The zero-order valence-corrected chi connectivity index (χ0v) is 18.4. The first-order valence-corrected chi connectivity index (χ1v) is 11.9. The standard InChI is InChI=1S/C21H24N6O4S/c1-14-10-15(32(22,29)30)2-3-17(14)31-11-18(28)27-9-8-26(12-21(27)5-6-21)20-16-4-7-23-19(16)24-13-25-20/h2-4,7,10,13H,5-6,8-9,11-12H2,1H3,(H2,22,29,30)(H,23,24,25). The fourth-order valence-corrected chi connectivity index (χ4v) is 5.01. The fourth-order valence-electron chi connectivity index (χ4n) is 4.41. The molecule has 3 N–H and O–H groups in total. The van der Waals surface area contributed by atoms with E-state index in [9.17, 15) is 13.2 Å². The van der Waals surface area contributed by atoms with E-state index in [0.717, 1.165) is 36.2 Å². The van der Waals surface area contributed by atoms with Gasteiger partial charge < -0.3 is 19.5 Å². The molecule has 2 aliphatic rings. The monoisotopic (exact) mass is 456 g/mol. The van der Waals surface area contributed by atoms with Gasteiger partial charge in [0.2, 0.25) is 10.0 Å². The van der Waals surface area contributed by atoms with Gasteiger partial charge in [0.25, 0.3) is 5.91 Å². The van der Waals surface area contributed by atoms with Gasteiger partial charge in [-0.3, -0.25) is 4.79 Å². The molecule has 2 aromatic heterocycles. The van der Waals surface area contributed by atoms with Crippen molar-refractivity contribution >= 4 is 32.8 Å². The summed E-state index contributed by atoms with van der Waals surface area (Å²) in [5.74, 6) is 1.27. The van der Waals surface area contributed by atoms with Crippen LogP contribution in [0.2, 0.25) is 0 Å². The van der Waals surface area contributed by atoms with Crippen LogP contribution in [0.4, 0.5) is 5.82 Å². The maximum Gasteiger partial charge on any atom is 0.261 e. The molecule has 0 unspecified atom stereocenters. The lowest BCUT2D eigenvalue weighted by atomic mass is 10.1. The number of H-pyrrole nitrogens is 1. The molecule has 1 aromatic carbocycles. The van der Waals surface area contributed by atoms with Crippen LogP contribution in [0.5, 0.6) is 5.75 Å². The number of amides is 1. The summed E-state index contributed by atoms with van der Waals surface area (Å²) in [4.78, 5) is 29.0. The molecule has 1 aliphatic heterocycles. The van der Waals surface area contributed by atoms with E-state index in [4.69, 9.17) is 9.88 Å². The van der Waals surface area contributed by atoms with Crippen LogP contribution in [0.1, 0.15) is 18.4 Å². The number of hydrogen-bond acceptors (Lipinski definition) is 7. The van der Waals surface area contributed by atoms with Crippen molar-refractivity contribution in [3.63, 3.8) is 0 Å². The van der Waals surface area contributed by atoms with Gasteiger partial charge in [-0.2, -0.15) is 0 Å². The number of nitrogens with zero attached hydrogens (tertiary/aromatic N) is 4. The number of nitrogens with two attached hydrogens (primary N) is 1. The summed E-state index contributed by atoms with van der Waals surface area (Å²) in [7, 11) is -3.78. The molecule has 1 spiro atoms. The Kier molecular flexibility index (Phi) is 4.82. The van der Waals surface area contributed by atoms with Gasteiger partial charge in [0.15, 0.2) is 6.61 Å². The summed E-state index contributed by atoms with van der Waals surface area (Å²) < 4.78 is 28.7. The Morgan fingerprint density at radius 3 is 2.78 bits per heavy atom. The number of ether oxygens (including phenoxy) is 1. The van der Waals surface area contributed by atoms with Crippen LogP contribution in [-0.2, 0) is 14.8 Å². The van der Waals surface area contributed by atoms with Gasteiger partial charge in [0, 0.05) is 25.8 Å². The quantitative estimate of drug-likeness (QED) is 0.588. The third-order valence-corrected chi connectivity index (χ3v) is 7.15. The van der Waals surface area contributed by atoms with Gasteiger partial charge in [0.1, 0.15) is 23.5 Å². The molecule has 0 radical (unpaired) electrons. The average Bonchev–Trinajstić information content (AvgIpc) is 3.33. The molecule has 11 heteroatoms. The molecule has 3 heterocycles. The molecule has 32 heavy (non-hydrogen) atoms. The van der Waals surface area contributed by atoms with Gasteiger partial charge in [-0.25, -0.2) is 23.5 Å². The van der Waals surface area contributed by atoms with Crippen LogP contribution in [0, 0.1) is 6.92 Å². The summed E-state index contributed by atoms with van der Waals surface area (Å²) in [6.07, 6.45) is 5.30. The van der Waals surface area contributed by atoms with E-state index < -0.39 is 10.0 Å². The highest BCUT2D eigenvalue weighted by Crippen LogP contribution is 2.45. The van der Waals surface area contributed by atoms with Crippen LogP contribution < -0.4 is 14.8 Å². The first-order valence-electron chi connectivity index (χ1n) is 10.4. The van der Waals surface area contributed by atoms with Gasteiger partial charge in [-0.1, -0.05) is 0 Å². The van der Waals surface area contributed by atoms with Crippen molar-refractivity contribution in [3.8, 4) is 5.75 Å². The molecule has 3 aromatic rings. The average molecular weight is 457 g/mol. The number of aryl methyl sites for hydroxylation is 1. The van der Waals surface area contributed by atoms with Gasteiger partial charge >= 0.3 is 0 Å². The molecule has 0 bridgehead atoms. The Bertz CT molecular complexity index is 1300. The minimum Gasteiger partial charge on any atom is -0.483 e. The van der Waals surface area contributed by atoms with Crippen molar-refractivity contribution in [2.45, 2.75) is 30.2 Å². The Morgan fingerprint density at radius 1 is 1.25 bits per heavy atom. The minimum absolute atomic E-state index is 0.0167. The second kappa shape index (κ2) is 7.45. The van der Waals surface area contributed by atoms with E-state index in [-0.39, 0.29) is 22.9 Å². The molecule has 1 aliphatic carbocycles. The molecule has 2 fully saturated rings. The number of nitrogens with one attached hydrogen (secondary N) is 1. The molecular weight excluding hydrogens is 432 g/mol. The number of primary sulfonamides is 1. The molecule has 1 amide bonds. The normalized spacial score (nSPS) is 17.7. The van der Waals surface area contributed by atoms with Gasteiger partial charge in [0.05, 0.1) is 15.8 Å². The minimum atomic E-state index is -3.78. The summed E-state index contributed by atoms with van der Waals surface area (Å²) in [6.45, 7) is 3.60. The summed E-state index contributed by atoms with van der Waals surface area (Å²) in [6, 6.07) is 6.33. The number of anilines is 1. The number of fused-ring (bicyclic) bond motifs is 1. The molecule has 1 saturated heterocycles. The number of aromatic amines is 1. The van der Waals surface area contributed by atoms with Crippen LogP contribution in [0.3, 0.4) is 0 Å². The van der Waals surface area contributed by atoms with Crippen LogP contribution in [0.25, 0.3) is 11.0 Å². The van der Waals surface area contributed by atoms with Crippen molar-refractivity contribution in [2.24, 2.45) is 5.14 Å². The zero-order chi connectivity index (χ0) is 22.5. The van der Waals surface area contributed by atoms with Crippen molar-refractivity contribution < 1.29 is 17.9 Å². The van der Waals surface area contributed by atoms with Crippen molar-refractivity contribution in [3.05, 3.63) is 42.4 Å². The van der Waals surface area contributed by atoms with Crippen LogP contribution in [0.15, 0.2) is 41.7 Å². The predicted octanol–water partition coefficient (Wildman–Crippen LogP) is 1.17. The number of benzene rings is 1. The Hall–Kier alpha value is -3.18. The van der Waals surface area contributed by atoms with E-state index in [2.05, 4.69) is 19.9 Å². The molecule has 168 valence electrons. The molecule has 10 nitrogen and oxygen atoms in total. The first kappa shape index (κ1) is 20.7. The maximum atomic E-state index is 13.0. The summed E-state index contributed by atoms with van der Waals surface area (Å²) in [5, 5.41) is 6.14. The highest BCUT2D eigenvalue weighted by atomic mass is 32.2. The lowest BCUT2D eigenvalue weighted by Crippen LogP contribution is -2.58. The lowest BCUT2D eigenvalue weighted by Gasteiger charge is -2.42.